The van der Waals surface area contributed by atoms with Gasteiger partial charge in [-0.25, -0.2) is 0 Å². The molecule has 0 aromatic rings. The first-order chi connectivity index (χ1) is 9.66. The lowest BCUT2D eigenvalue weighted by molar-refractivity contribution is -0.145. The maximum atomic E-state index is 5.82. The second kappa shape index (κ2) is 12.5. The molecule has 0 aliphatic carbocycles. The molecular formula is C15H32IN3O2. The molecule has 0 saturated carbocycles. The predicted molar refractivity (Wildman–Crippen MR) is 98.2 cm³/mol. The molecule has 3 N–H and O–H groups in total. The zero-order valence-electron chi connectivity index (χ0n) is 13.5. The van der Waals surface area contributed by atoms with E-state index in [1.165, 1.54) is 32.1 Å². The third kappa shape index (κ3) is 10.3. The van der Waals surface area contributed by atoms with Gasteiger partial charge in [0.05, 0.1) is 13.2 Å². The quantitative estimate of drug-likeness (QED) is 0.250. The van der Waals surface area contributed by atoms with Gasteiger partial charge in [-0.1, -0.05) is 39.0 Å². The molecule has 1 saturated heterocycles. The van der Waals surface area contributed by atoms with Crippen molar-refractivity contribution < 1.29 is 9.47 Å². The molecule has 0 spiro atoms. The van der Waals surface area contributed by atoms with Gasteiger partial charge in [0.1, 0.15) is 0 Å². The minimum absolute atomic E-state index is 0. The molecule has 0 amide bonds. The Balaban J connectivity index is 0.00000400. The van der Waals surface area contributed by atoms with Crippen LogP contribution in [0.1, 0.15) is 58.8 Å². The summed E-state index contributed by atoms with van der Waals surface area (Å²) in [6.45, 7) is 7.10. The highest BCUT2D eigenvalue weighted by Crippen LogP contribution is 2.21. The molecule has 0 radical (unpaired) electrons. The maximum absolute atomic E-state index is 5.82. The minimum Gasteiger partial charge on any atom is -0.370 e. The van der Waals surface area contributed by atoms with E-state index in [9.17, 15) is 0 Å². The van der Waals surface area contributed by atoms with E-state index in [0.717, 1.165) is 25.9 Å². The highest BCUT2D eigenvalue weighted by molar-refractivity contribution is 14.0. The maximum Gasteiger partial charge on any atom is 0.188 e. The van der Waals surface area contributed by atoms with Gasteiger partial charge in [0.15, 0.2) is 11.7 Å². The van der Waals surface area contributed by atoms with E-state index in [4.69, 9.17) is 15.2 Å². The van der Waals surface area contributed by atoms with Gasteiger partial charge in [-0.15, -0.1) is 24.0 Å². The smallest absolute Gasteiger partial charge is 0.188 e. The Morgan fingerprint density at radius 3 is 2.43 bits per heavy atom. The molecule has 1 fully saturated rings. The van der Waals surface area contributed by atoms with Crippen LogP contribution >= 0.6 is 24.0 Å². The lowest BCUT2D eigenvalue weighted by atomic mass is 10.1. The van der Waals surface area contributed by atoms with E-state index in [-0.39, 0.29) is 24.0 Å². The highest BCUT2D eigenvalue weighted by atomic mass is 127. The first-order valence-corrected chi connectivity index (χ1v) is 7.98. The Bertz CT molecular complexity index is 282. The van der Waals surface area contributed by atoms with Crippen molar-refractivity contribution in [2.45, 2.75) is 64.6 Å². The molecule has 21 heavy (non-hydrogen) atoms. The molecule has 0 aromatic heterocycles. The summed E-state index contributed by atoms with van der Waals surface area (Å²) < 4.78 is 11.0. The molecule has 1 heterocycles. The summed E-state index contributed by atoms with van der Waals surface area (Å²) in [4.78, 5) is 4.33. The third-order valence-corrected chi connectivity index (χ3v) is 3.58. The van der Waals surface area contributed by atoms with Gasteiger partial charge in [0.2, 0.25) is 0 Å². The molecule has 1 aliphatic heterocycles. The Morgan fingerprint density at radius 1 is 1.14 bits per heavy atom. The summed E-state index contributed by atoms with van der Waals surface area (Å²) in [5.74, 6) is 0.0761. The number of aliphatic imine (C=N–C) groups is 1. The minimum atomic E-state index is -0.452. The number of nitrogens with zero attached hydrogens (tertiary/aromatic N) is 1. The molecule has 6 heteroatoms. The number of hydrogen-bond acceptors (Lipinski definition) is 3. The van der Waals surface area contributed by atoms with Gasteiger partial charge in [-0.2, -0.15) is 0 Å². The zero-order chi connectivity index (χ0) is 14.7. The van der Waals surface area contributed by atoms with Crippen LogP contribution < -0.4 is 11.1 Å². The van der Waals surface area contributed by atoms with Crippen LogP contribution in [0.3, 0.4) is 0 Å². The van der Waals surface area contributed by atoms with Crippen molar-refractivity contribution in [1.82, 2.24) is 5.32 Å². The SMILES string of the molecule is CCCCCCCCN=C(N)NCCC1(C)OCCO1.I. The van der Waals surface area contributed by atoms with Crippen LogP contribution in [-0.2, 0) is 9.47 Å². The molecule has 0 aromatic carbocycles. The normalized spacial score (nSPS) is 17.5. The molecule has 126 valence electrons. The Kier molecular flexibility index (Phi) is 12.4. The lowest BCUT2D eigenvalue weighted by Gasteiger charge is -2.22. The van der Waals surface area contributed by atoms with Crippen LogP contribution in [0.15, 0.2) is 4.99 Å². The second-order valence-corrected chi connectivity index (χ2v) is 5.54. The fourth-order valence-corrected chi connectivity index (χ4v) is 2.27. The van der Waals surface area contributed by atoms with E-state index in [1.807, 2.05) is 6.92 Å². The van der Waals surface area contributed by atoms with Crippen molar-refractivity contribution in [1.29, 1.82) is 0 Å². The van der Waals surface area contributed by atoms with Crippen molar-refractivity contribution in [3.05, 3.63) is 0 Å². The average molecular weight is 413 g/mol. The standard InChI is InChI=1S/C15H31N3O2.HI/c1-3-4-5-6-7-8-10-17-14(16)18-11-9-15(2)19-12-13-20-15;/h3-13H2,1-2H3,(H3,16,17,18);1H. The lowest BCUT2D eigenvalue weighted by Crippen LogP contribution is -2.37. The predicted octanol–water partition coefficient (Wildman–Crippen LogP) is 3.02. The summed E-state index contributed by atoms with van der Waals surface area (Å²) in [7, 11) is 0. The van der Waals surface area contributed by atoms with Crippen molar-refractivity contribution >= 4 is 29.9 Å². The summed E-state index contributed by atoms with van der Waals surface area (Å²) in [5, 5.41) is 3.11. The topological polar surface area (TPSA) is 68.9 Å². The molecule has 0 bridgehead atoms. The van der Waals surface area contributed by atoms with E-state index >= 15 is 0 Å². The molecule has 5 nitrogen and oxygen atoms in total. The summed E-state index contributed by atoms with van der Waals surface area (Å²) in [6.07, 6.45) is 8.43. The highest BCUT2D eigenvalue weighted by Gasteiger charge is 2.30. The van der Waals surface area contributed by atoms with Gasteiger partial charge in [-0.05, 0) is 13.3 Å². The molecule has 0 unspecified atom stereocenters. The van der Waals surface area contributed by atoms with Crippen LogP contribution in [-0.4, -0.2) is 38.0 Å². The third-order valence-electron chi connectivity index (χ3n) is 3.58. The van der Waals surface area contributed by atoms with Gasteiger partial charge < -0.3 is 20.5 Å². The van der Waals surface area contributed by atoms with Gasteiger partial charge in [0.25, 0.3) is 0 Å². The van der Waals surface area contributed by atoms with Crippen molar-refractivity contribution in [2.75, 3.05) is 26.3 Å². The van der Waals surface area contributed by atoms with Gasteiger partial charge in [0, 0.05) is 19.5 Å². The van der Waals surface area contributed by atoms with Gasteiger partial charge >= 0.3 is 0 Å². The summed E-state index contributed by atoms with van der Waals surface area (Å²) in [5.41, 5.74) is 5.82. The van der Waals surface area contributed by atoms with E-state index in [1.54, 1.807) is 0 Å². The van der Waals surface area contributed by atoms with E-state index < -0.39 is 5.79 Å². The number of unbranched alkanes of at least 4 members (excludes halogenated alkanes) is 5. The van der Waals surface area contributed by atoms with E-state index in [2.05, 4.69) is 17.2 Å². The number of halogens is 1. The Morgan fingerprint density at radius 2 is 1.76 bits per heavy atom. The van der Waals surface area contributed by atoms with Crippen molar-refractivity contribution in [3.63, 3.8) is 0 Å². The van der Waals surface area contributed by atoms with Crippen molar-refractivity contribution in [2.24, 2.45) is 10.7 Å². The monoisotopic (exact) mass is 413 g/mol. The zero-order valence-corrected chi connectivity index (χ0v) is 15.9. The number of hydrogen-bond donors (Lipinski definition) is 2. The molecule has 0 atom stereocenters. The van der Waals surface area contributed by atoms with E-state index in [0.29, 0.717) is 19.2 Å². The summed E-state index contributed by atoms with van der Waals surface area (Å²) >= 11 is 0. The number of rotatable bonds is 10. The fraction of sp³-hybridized carbons (Fsp3) is 0.933. The van der Waals surface area contributed by atoms with Crippen LogP contribution in [0.2, 0.25) is 0 Å². The largest absolute Gasteiger partial charge is 0.370 e. The Hall–Kier alpha value is -0.0800. The second-order valence-electron chi connectivity index (χ2n) is 5.54. The van der Waals surface area contributed by atoms with Crippen LogP contribution in [0.25, 0.3) is 0 Å². The summed E-state index contributed by atoms with van der Waals surface area (Å²) in [6, 6.07) is 0. The molecule has 1 rings (SSSR count). The fourth-order valence-electron chi connectivity index (χ4n) is 2.27. The number of guanidine groups is 1. The van der Waals surface area contributed by atoms with Crippen LogP contribution in [0, 0.1) is 0 Å². The Labute approximate surface area is 146 Å². The number of nitrogens with one attached hydrogen (secondary N) is 1. The number of ether oxygens (including phenoxy) is 2. The number of nitrogens with two attached hydrogens (primary N) is 1. The van der Waals surface area contributed by atoms with Gasteiger partial charge in [-0.3, -0.25) is 4.99 Å². The first kappa shape index (κ1) is 20.9. The van der Waals surface area contributed by atoms with Crippen LogP contribution in [0.5, 0.6) is 0 Å². The average Bonchev–Trinajstić information content (AvgIpc) is 2.85. The van der Waals surface area contributed by atoms with Crippen LogP contribution in [0.4, 0.5) is 0 Å². The first-order valence-electron chi connectivity index (χ1n) is 7.98. The van der Waals surface area contributed by atoms with Crippen molar-refractivity contribution in [3.8, 4) is 0 Å². The molecular weight excluding hydrogens is 381 g/mol. The molecule has 1 aliphatic rings.